The lowest BCUT2D eigenvalue weighted by atomic mass is 9.93. The number of nitrogens with one attached hydrogen (secondary N) is 3. The van der Waals surface area contributed by atoms with Crippen molar-refractivity contribution < 1.29 is 24.0 Å². The van der Waals surface area contributed by atoms with Crippen LogP contribution in [-0.2, 0) is 20.7 Å². The number of hydrazine groups is 1. The Morgan fingerprint density at radius 3 is 2.54 bits per heavy atom. The van der Waals surface area contributed by atoms with Gasteiger partial charge in [0.05, 0.1) is 0 Å². The number of hydrogen-bond donors (Lipinski definition) is 3. The third kappa shape index (κ3) is 4.69. The van der Waals surface area contributed by atoms with Crippen LogP contribution in [0.2, 0.25) is 0 Å². The number of ether oxygens (including phenoxy) is 1. The predicted molar refractivity (Wildman–Crippen MR) is 102 cm³/mol. The van der Waals surface area contributed by atoms with Gasteiger partial charge in [0.15, 0.2) is 6.54 Å². The van der Waals surface area contributed by atoms with Crippen LogP contribution < -0.4 is 15.6 Å². The van der Waals surface area contributed by atoms with Crippen LogP contribution in [0.15, 0.2) is 30.3 Å². The monoisotopic (exact) mass is 389 g/mol. The fourth-order valence-corrected chi connectivity index (χ4v) is 3.92. The van der Waals surface area contributed by atoms with E-state index in [-0.39, 0.29) is 24.7 Å². The van der Waals surface area contributed by atoms with Crippen molar-refractivity contribution in [2.45, 2.75) is 51.4 Å². The number of benzene rings is 1. The summed E-state index contributed by atoms with van der Waals surface area (Å²) in [6.45, 7) is 7.26. The molecule has 2 fully saturated rings. The van der Waals surface area contributed by atoms with Crippen molar-refractivity contribution in [2.75, 3.05) is 19.6 Å². The number of carbonyl (C=O) groups excluding carboxylic acids is 3. The summed E-state index contributed by atoms with van der Waals surface area (Å²) >= 11 is 0. The summed E-state index contributed by atoms with van der Waals surface area (Å²) < 4.78 is 5.67. The van der Waals surface area contributed by atoms with E-state index >= 15 is 0 Å². The first-order valence-electron chi connectivity index (χ1n) is 9.76. The molecule has 0 unspecified atom stereocenters. The van der Waals surface area contributed by atoms with E-state index in [9.17, 15) is 14.4 Å². The maximum absolute atomic E-state index is 12.8. The van der Waals surface area contributed by atoms with E-state index in [1.165, 1.54) is 0 Å². The molecule has 3 N–H and O–H groups in total. The van der Waals surface area contributed by atoms with Gasteiger partial charge in [0.1, 0.15) is 30.8 Å². The number of nitrogens with zero attached hydrogens (tertiary/aromatic N) is 1. The zero-order valence-electron chi connectivity index (χ0n) is 16.7. The molecule has 2 saturated heterocycles. The first-order chi connectivity index (χ1) is 13.3. The minimum Gasteiger partial charge on any atom is -0.364 e. The molecule has 8 heteroatoms. The lowest BCUT2D eigenvalue weighted by Gasteiger charge is -2.32. The summed E-state index contributed by atoms with van der Waals surface area (Å²) in [5.74, 6) is -0.785. The Labute approximate surface area is 165 Å². The molecule has 0 spiro atoms. The first-order valence-corrected chi connectivity index (χ1v) is 9.76. The highest BCUT2D eigenvalue weighted by molar-refractivity contribution is 6.07. The van der Waals surface area contributed by atoms with Gasteiger partial charge >= 0.3 is 6.03 Å². The molecule has 0 saturated carbocycles. The molecule has 28 heavy (non-hydrogen) atoms. The van der Waals surface area contributed by atoms with E-state index < -0.39 is 17.5 Å². The van der Waals surface area contributed by atoms with E-state index in [4.69, 9.17) is 4.74 Å². The van der Waals surface area contributed by atoms with Crippen LogP contribution in [0, 0.1) is 0 Å². The average molecular weight is 389 g/mol. The highest BCUT2D eigenvalue weighted by Crippen LogP contribution is 2.22. The van der Waals surface area contributed by atoms with Crippen molar-refractivity contribution in [2.24, 2.45) is 0 Å². The van der Waals surface area contributed by atoms with E-state index in [2.05, 4.69) is 10.7 Å². The molecule has 1 aromatic carbocycles. The lowest BCUT2D eigenvalue weighted by molar-refractivity contribution is -0.907. The standard InChI is InChI=1S/C20H28N4O4/c1-14-11-23(12-15(2)28-14)13-17(25)22-24-18(26)20(3,21-19(24)27)10-9-16-7-5-4-6-8-16/h4-8,14-15H,9-13H2,1-3H3,(H,21,27)(H,22,25)/p+1/t14-,15-,20+/m0/s1. The van der Waals surface area contributed by atoms with Gasteiger partial charge in [-0.3, -0.25) is 15.0 Å². The van der Waals surface area contributed by atoms with Crippen molar-refractivity contribution in [1.29, 1.82) is 0 Å². The number of aryl methyl sites for hydroxylation is 1. The highest BCUT2D eigenvalue weighted by Gasteiger charge is 2.48. The molecule has 2 aliphatic heterocycles. The molecule has 8 nitrogen and oxygen atoms in total. The molecule has 0 aromatic heterocycles. The number of hydrogen-bond acceptors (Lipinski definition) is 4. The molecular weight excluding hydrogens is 360 g/mol. The molecule has 4 amide bonds. The van der Waals surface area contributed by atoms with Crippen LogP contribution in [0.5, 0.6) is 0 Å². The molecule has 2 heterocycles. The van der Waals surface area contributed by atoms with Gasteiger partial charge in [0.2, 0.25) is 0 Å². The summed E-state index contributed by atoms with van der Waals surface area (Å²) in [4.78, 5) is 38.6. The predicted octanol–water partition coefficient (Wildman–Crippen LogP) is -0.347. The normalized spacial score (nSPS) is 30.2. The number of urea groups is 1. The Kier molecular flexibility index (Phi) is 6.00. The zero-order valence-corrected chi connectivity index (χ0v) is 16.7. The number of carbonyl (C=O) groups is 3. The quantitative estimate of drug-likeness (QED) is 0.580. The molecule has 3 atom stereocenters. The number of quaternary nitrogens is 1. The average Bonchev–Trinajstić information content (AvgIpc) is 2.83. The Hall–Kier alpha value is -2.45. The minimum absolute atomic E-state index is 0.0737. The van der Waals surface area contributed by atoms with E-state index in [1.807, 2.05) is 44.2 Å². The molecule has 2 aliphatic rings. The second-order valence-corrected chi connectivity index (χ2v) is 8.02. The number of amides is 4. The molecule has 152 valence electrons. The first kappa shape index (κ1) is 20.3. The maximum atomic E-state index is 12.8. The largest absolute Gasteiger partial charge is 0.364 e. The Morgan fingerprint density at radius 1 is 1.25 bits per heavy atom. The van der Waals surface area contributed by atoms with Gasteiger partial charge in [-0.1, -0.05) is 30.3 Å². The maximum Gasteiger partial charge on any atom is 0.344 e. The van der Waals surface area contributed by atoms with Crippen molar-refractivity contribution in [3.05, 3.63) is 35.9 Å². The highest BCUT2D eigenvalue weighted by atomic mass is 16.5. The topological polar surface area (TPSA) is 92.2 Å². The number of imide groups is 1. The van der Waals surface area contributed by atoms with Gasteiger partial charge in [-0.15, -0.1) is 0 Å². The second-order valence-electron chi connectivity index (χ2n) is 8.02. The van der Waals surface area contributed by atoms with Gasteiger partial charge in [-0.2, -0.15) is 5.01 Å². The van der Waals surface area contributed by atoms with Crippen molar-refractivity contribution in [3.63, 3.8) is 0 Å². The molecule has 3 rings (SSSR count). The van der Waals surface area contributed by atoms with Gasteiger partial charge < -0.3 is 15.0 Å². The van der Waals surface area contributed by atoms with Gasteiger partial charge in [0, 0.05) is 0 Å². The van der Waals surface area contributed by atoms with E-state index in [0.29, 0.717) is 25.9 Å². The minimum atomic E-state index is -1.03. The zero-order chi connectivity index (χ0) is 20.3. The summed E-state index contributed by atoms with van der Waals surface area (Å²) in [6.07, 6.45) is 1.25. The van der Waals surface area contributed by atoms with Crippen molar-refractivity contribution in [3.8, 4) is 0 Å². The third-order valence-electron chi connectivity index (χ3n) is 5.28. The molecule has 0 radical (unpaired) electrons. The summed E-state index contributed by atoms with van der Waals surface area (Å²) in [7, 11) is 0. The SMILES string of the molecule is C[C@H]1C[NH+](CC(=O)NN2C(=O)N[C@](C)(CCc3ccccc3)C2=O)C[C@H](C)O1. The van der Waals surface area contributed by atoms with Crippen LogP contribution in [-0.4, -0.2) is 60.2 Å². The fraction of sp³-hybridized carbons (Fsp3) is 0.550. The molecule has 1 aromatic rings. The molecule has 0 bridgehead atoms. The fourth-order valence-electron chi connectivity index (χ4n) is 3.92. The van der Waals surface area contributed by atoms with E-state index in [0.717, 1.165) is 15.5 Å². The van der Waals surface area contributed by atoms with Crippen LogP contribution in [0.3, 0.4) is 0 Å². The van der Waals surface area contributed by atoms with Gasteiger partial charge in [0.25, 0.3) is 11.8 Å². The smallest absolute Gasteiger partial charge is 0.344 e. The second kappa shape index (κ2) is 8.28. The van der Waals surface area contributed by atoms with Crippen LogP contribution in [0.25, 0.3) is 0 Å². The Bertz CT molecular complexity index is 731. The third-order valence-corrected chi connectivity index (χ3v) is 5.28. The number of morpholine rings is 1. The summed E-state index contributed by atoms with van der Waals surface area (Å²) in [6, 6.07) is 9.19. The van der Waals surface area contributed by atoms with Crippen LogP contribution in [0.4, 0.5) is 4.79 Å². The Morgan fingerprint density at radius 2 is 1.89 bits per heavy atom. The molecule has 0 aliphatic carbocycles. The van der Waals surface area contributed by atoms with Crippen molar-refractivity contribution >= 4 is 17.8 Å². The lowest BCUT2D eigenvalue weighted by Crippen LogP contribution is -3.16. The number of rotatable bonds is 6. The van der Waals surface area contributed by atoms with Gasteiger partial charge in [-0.05, 0) is 39.2 Å². The van der Waals surface area contributed by atoms with E-state index in [1.54, 1.807) is 6.92 Å². The Balaban J connectivity index is 1.56. The summed E-state index contributed by atoms with van der Waals surface area (Å²) in [5.41, 5.74) is 2.54. The van der Waals surface area contributed by atoms with Crippen LogP contribution in [0.1, 0.15) is 32.8 Å². The van der Waals surface area contributed by atoms with Crippen molar-refractivity contribution in [1.82, 2.24) is 15.8 Å². The molecular formula is C20H29N4O4+. The summed E-state index contributed by atoms with van der Waals surface area (Å²) in [5, 5.41) is 3.54. The van der Waals surface area contributed by atoms with Gasteiger partial charge in [-0.25, -0.2) is 4.79 Å². The van der Waals surface area contributed by atoms with Crippen LogP contribution >= 0.6 is 0 Å².